The van der Waals surface area contributed by atoms with Gasteiger partial charge in [-0.05, 0) is 88.0 Å². The van der Waals surface area contributed by atoms with Crippen LogP contribution in [0.4, 0.5) is 4.79 Å². The number of benzene rings is 1. The highest BCUT2D eigenvalue weighted by atomic mass is 16.6. The first-order valence-electron chi connectivity index (χ1n) is 10.0. The van der Waals surface area contributed by atoms with E-state index in [-0.39, 0.29) is 6.09 Å². The van der Waals surface area contributed by atoms with Crippen LogP contribution in [0.2, 0.25) is 0 Å². The lowest BCUT2D eigenvalue weighted by molar-refractivity contribution is 0.0179. The van der Waals surface area contributed by atoms with Gasteiger partial charge < -0.3 is 14.7 Å². The number of hydrogen-bond donors (Lipinski definition) is 1. The highest BCUT2D eigenvalue weighted by molar-refractivity contribution is 5.88. The van der Waals surface area contributed by atoms with Gasteiger partial charge in [0.15, 0.2) is 0 Å². The number of carbonyl (C=O) groups is 2. The van der Waals surface area contributed by atoms with Crippen molar-refractivity contribution in [3.63, 3.8) is 0 Å². The molecule has 0 bridgehead atoms. The Morgan fingerprint density at radius 2 is 1.70 bits per heavy atom. The largest absolute Gasteiger partial charge is 0.478 e. The Labute approximate surface area is 161 Å². The minimum absolute atomic E-state index is 0.193. The molecule has 1 heterocycles. The quantitative estimate of drug-likeness (QED) is 0.842. The predicted octanol–water partition coefficient (Wildman–Crippen LogP) is 4.53. The Balaban J connectivity index is 1.42. The Bertz CT molecular complexity index is 699. The Morgan fingerprint density at radius 3 is 2.33 bits per heavy atom. The molecule has 1 aliphatic heterocycles. The number of carboxylic acids is 1. The highest BCUT2D eigenvalue weighted by Gasteiger charge is 2.28. The van der Waals surface area contributed by atoms with Gasteiger partial charge in [-0.15, -0.1) is 0 Å². The monoisotopic (exact) mass is 373 g/mol. The van der Waals surface area contributed by atoms with Crippen LogP contribution in [-0.2, 0) is 17.6 Å². The van der Waals surface area contributed by atoms with Gasteiger partial charge >= 0.3 is 12.1 Å². The van der Waals surface area contributed by atoms with Crippen molar-refractivity contribution < 1.29 is 19.4 Å². The Hall–Kier alpha value is -2.04. The molecule has 0 spiro atoms. The molecule has 1 aliphatic carbocycles. The molecule has 1 saturated heterocycles. The van der Waals surface area contributed by atoms with Gasteiger partial charge in [0, 0.05) is 13.1 Å². The van der Waals surface area contributed by atoms with E-state index in [0.717, 1.165) is 38.8 Å². The number of nitrogens with zero attached hydrogens (tertiary/aromatic N) is 1. The third-order valence-electron chi connectivity index (χ3n) is 5.72. The van der Waals surface area contributed by atoms with Gasteiger partial charge in [-0.2, -0.15) is 0 Å². The fraction of sp³-hybridized carbons (Fsp3) is 0.636. The van der Waals surface area contributed by atoms with E-state index in [2.05, 4.69) is 0 Å². The van der Waals surface area contributed by atoms with Crippen molar-refractivity contribution in [3.8, 4) is 0 Å². The van der Waals surface area contributed by atoms with E-state index in [9.17, 15) is 9.59 Å². The van der Waals surface area contributed by atoms with Crippen LogP contribution in [0.15, 0.2) is 18.2 Å². The molecule has 1 atom stereocenters. The lowest BCUT2D eigenvalue weighted by atomic mass is 9.88. The predicted molar refractivity (Wildman–Crippen MR) is 104 cm³/mol. The van der Waals surface area contributed by atoms with E-state index in [0.29, 0.717) is 17.4 Å². The summed E-state index contributed by atoms with van der Waals surface area (Å²) in [4.78, 5) is 25.1. The molecular weight excluding hydrogens is 342 g/mol. The van der Waals surface area contributed by atoms with E-state index in [4.69, 9.17) is 9.84 Å². The molecule has 1 amide bonds. The van der Waals surface area contributed by atoms with Crippen molar-refractivity contribution in [2.45, 2.75) is 64.9 Å². The summed E-state index contributed by atoms with van der Waals surface area (Å²) in [6.45, 7) is 7.27. The number of hydrogen-bond acceptors (Lipinski definition) is 3. The summed E-state index contributed by atoms with van der Waals surface area (Å²) in [6.07, 6.45) is 6.31. The molecule has 0 aromatic heterocycles. The average molecular weight is 373 g/mol. The lowest BCUT2D eigenvalue weighted by Crippen LogP contribution is -2.41. The highest BCUT2D eigenvalue weighted by Crippen LogP contribution is 2.33. The number of ether oxygens (including phenoxy) is 1. The van der Waals surface area contributed by atoms with Crippen molar-refractivity contribution in [2.75, 3.05) is 13.1 Å². The zero-order chi connectivity index (χ0) is 19.6. The summed E-state index contributed by atoms with van der Waals surface area (Å²) in [6, 6.07) is 5.55. The van der Waals surface area contributed by atoms with Crippen molar-refractivity contribution in [1.82, 2.24) is 4.90 Å². The molecular formula is C22H31NO4. The fourth-order valence-electron chi connectivity index (χ4n) is 4.25. The second-order valence-corrected chi connectivity index (χ2v) is 9.05. The van der Waals surface area contributed by atoms with Crippen LogP contribution >= 0.6 is 0 Å². The first kappa shape index (κ1) is 19.7. The molecule has 0 saturated carbocycles. The maximum atomic E-state index is 12.2. The Morgan fingerprint density at radius 1 is 1.07 bits per heavy atom. The zero-order valence-corrected chi connectivity index (χ0v) is 16.7. The zero-order valence-electron chi connectivity index (χ0n) is 16.7. The van der Waals surface area contributed by atoms with Gasteiger partial charge in [0.25, 0.3) is 0 Å². The standard InChI is InChI=1S/C22H31NO4/c1-22(2,3)27-21(26)23-10-8-15(9-11-23)4-5-16-12-17-6-7-18(20(24)25)14-19(17)13-16/h6-7,14-16H,4-5,8-13H2,1-3H3,(H,24,25). The van der Waals surface area contributed by atoms with Crippen LogP contribution in [-0.4, -0.2) is 40.8 Å². The van der Waals surface area contributed by atoms with Gasteiger partial charge in [0.2, 0.25) is 0 Å². The number of carboxylic acid groups (broad SMARTS) is 1. The molecule has 3 rings (SSSR count). The summed E-state index contributed by atoms with van der Waals surface area (Å²) >= 11 is 0. The van der Waals surface area contributed by atoms with E-state index in [1.165, 1.54) is 24.0 Å². The molecule has 1 unspecified atom stereocenters. The molecule has 0 radical (unpaired) electrons. The summed E-state index contributed by atoms with van der Waals surface area (Å²) in [5.74, 6) is 0.438. The van der Waals surface area contributed by atoms with Crippen LogP contribution in [0, 0.1) is 11.8 Å². The normalized spacial score (nSPS) is 20.4. The molecule has 27 heavy (non-hydrogen) atoms. The molecule has 5 heteroatoms. The van der Waals surface area contributed by atoms with Crippen LogP contribution < -0.4 is 0 Å². The minimum Gasteiger partial charge on any atom is -0.478 e. The van der Waals surface area contributed by atoms with Gasteiger partial charge in [-0.3, -0.25) is 0 Å². The topological polar surface area (TPSA) is 66.8 Å². The van der Waals surface area contributed by atoms with Gasteiger partial charge in [-0.1, -0.05) is 12.5 Å². The number of carbonyl (C=O) groups excluding carboxylic acids is 1. The summed E-state index contributed by atoms with van der Waals surface area (Å²) in [5, 5.41) is 9.14. The number of rotatable bonds is 4. The third-order valence-corrected chi connectivity index (χ3v) is 5.72. The Kier molecular flexibility index (Phi) is 5.78. The summed E-state index contributed by atoms with van der Waals surface area (Å²) < 4.78 is 5.46. The smallest absolute Gasteiger partial charge is 0.410 e. The van der Waals surface area contributed by atoms with Crippen molar-refractivity contribution >= 4 is 12.1 Å². The summed E-state index contributed by atoms with van der Waals surface area (Å²) in [5.41, 5.74) is 2.47. The molecule has 2 aliphatic rings. The maximum absolute atomic E-state index is 12.2. The number of aromatic carboxylic acids is 1. The minimum atomic E-state index is -0.849. The van der Waals surface area contributed by atoms with Crippen LogP contribution in [0.5, 0.6) is 0 Å². The first-order chi connectivity index (χ1) is 12.7. The third kappa shape index (κ3) is 5.24. The van der Waals surface area contributed by atoms with E-state index >= 15 is 0 Å². The average Bonchev–Trinajstić information content (AvgIpc) is 3.01. The van der Waals surface area contributed by atoms with Crippen molar-refractivity contribution in [2.24, 2.45) is 11.8 Å². The van der Waals surface area contributed by atoms with Crippen LogP contribution in [0.25, 0.3) is 0 Å². The second-order valence-electron chi connectivity index (χ2n) is 9.05. The van der Waals surface area contributed by atoms with Crippen LogP contribution in [0.3, 0.4) is 0 Å². The van der Waals surface area contributed by atoms with Gasteiger partial charge in [0.05, 0.1) is 5.56 Å². The maximum Gasteiger partial charge on any atom is 0.410 e. The molecule has 148 valence electrons. The van der Waals surface area contributed by atoms with Crippen molar-refractivity contribution in [1.29, 1.82) is 0 Å². The van der Waals surface area contributed by atoms with E-state index in [1.54, 1.807) is 6.07 Å². The summed E-state index contributed by atoms with van der Waals surface area (Å²) in [7, 11) is 0. The molecule has 1 fully saturated rings. The SMILES string of the molecule is CC(C)(C)OC(=O)N1CCC(CCC2Cc3ccc(C(=O)O)cc3C2)CC1. The molecule has 1 aromatic carbocycles. The van der Waals surface area contributed by atoms with E-state index in [1.807, 2.05) is 37.8 Å². The number of amides is 1. The van der Waals surface area contributed by atoms with Gasteiger partial charge in [0.1, 0.15) is 5.60 Å². The fourth-order valence-corrected chi connectivity index (χ4v) is 4.25. The number of likely N-dealkylation sites (tertiary alicyclic amines) is 1. The van der Waals surface area contributed by atoms with E-state index < -0.39 is 11.6 Å². The molecule has 1 aromatic rings. The number of piperidine rings is 1. The van der Waals surface area contributed by atoms with Crippen LogP contribution in [0.1, 0.15) is 67.9 Å². The molecule has 5 nitrogen and oxygen atoms in total. The second kappa shape index (κ2) is 7.91. The van der Waals surface area contributed by atoms with Gasteiger partial charge in [-0.25, -0.2) is 9.59 Å². The lowest BCUT2D eigenvalue weighted by Gasteiger charge is -2.33. The first-order valence-corrected chi connectivity index (χ1v) is 10.0. The van der Waals surface area contributed by atoms with Crippen molar-refractivity contribution in [3.05, 3.63) is 34.9 Å². The molecule has 1 N–H and O–H groups in total. The number of fused-ring (bicyclic) bond motifs is 1.